The smallest absolute Gasteiger partial charge is 0.138 e. The molecule has 0 radical (unpaired) electrons. The van der Waals surface area contributed by atoms with Crippen LogP contribution in [0.2, 0.25) is 0 Å². The van der Waals surface area contributed by atoms with E-state index in [0.29, 0.717) is 5.92 Å². The molecule has 1 aliphatic rings. The van der Waals surface area contributed by atoms with Gasteiger partial charge in [-0.15, -0.1) is 0 Å². The molecule has 1 heterocycles. The Bertz CT molecular complexity index is 289. The van der Waals surface area contributed by atoms with Crippen molar-refractivity contribution in [1.29, 1.82) is 0 Å². The van der Waals surface area contributed by atoms with Gasteiger partial charge < -0.3 is 10.5 Å². The third kappa shape index (κ3) is 2.69. The third-order valence-electron chi connectivity index (χ3n) is 3.06. The van der Waals surface area contributed by atoms with Crippen LogP contribution in [0.5, 0.6) is 5.75 Å². The Morgan fingerprint density at radius 2 is 2.27 bits per heavy atom. The molecule has 82 valence electrons. The van der Waals surface area contributed by atoms with Crippen molar-refractivity contribution in [3.63, 3.8) is 0 Å². The normalized spacial score (nSPS) is 26.2. The topological polar surface area (TPSA) is 48.1 Å². The van der Waals surface area contributed by atoms with Crippen LogP contribution in [0.25, 0.3) is 0 Å². The Labute approximate surface area is 90.7 Å². The summed E-state index contributed by atoms with van der Waals surface area (Å²) in [7, 11) is 0. The molecular formula is C12H18N2O. The Morgan fingerprint density at radius 1 is 1.40 bits per heavy atom. The van der Waals surface area contributed by atoms with E-state index in [-0.39, 0.29) is 6.10 Å². The molecule has 0 saturated heterocycles. The van der Waals surface area contributed by atoms with Gasteiger partial charge in [-0.2, -0.15) is 0 Å². The maximum atomic E-state index is 5.92. The highest BCUT2D eigenvalue weighted by molar-refractivity contribution is 5.16. The molecule has 0 aliphatic heterocycles. The summed E-state index contributed by atoms with van der Waals surface area (Å²) in [5.74, 6) is 1.38. The van der Waals surface area contributed by atoms with Crippen molar-refractivity contribution in [2.45, 2.75) is 31.8 Å². The Morgan fingerprint density at radius 3 is 3.00 bits per heavy atom. The second-order valence-electron chi connectivity index (χ2n) is 4.13. The van der Waals surface area contributed by atoms with E-state index in [0.717, 1.165) is 18.7 Å². The summed E-state index contributed by atoms with van der Waals surface area (Å²) < 4.78 is 5.92. The first-order valence-electron chi connectivity index (χ1n) is 5.67. The van der Waals surface area contributed by atoms with E-state index in [1.54, 1.807) is 12.4 Å². The highest BCUT2D eigenvalue weighted by atomic mass is 16.5. The summed E-state index contributed by atoms with van der Waals surface area (Å²) in [5, 5.41) is 0. The molecule has 1 aliphatic carbocycles. The molecule has 1 saturated carbocycles. The Hall–Kier alpha value is -1.09. The molecule has 1 fully saturated rings. The number of nitrogens with two attached hydrogens (primary N) is 1. The fourth-order valence-electron chi connectivity index (χ4n) is 2.19. The number of rotatable bonds is 3. The standard InChI is InChI=1S/C12H18N2O/c13-8-10-4-1-2-6-12(10)15-11-5-3-7-14-9-11/h3,5,7,9-10,12H,1-2,4,6,8,13H2. The first-order valence-corrected chi connectivity index (χ1v) is 5.67. The lowest BCUT2D eigenvalue weighted by Crippen LogP contribution is -2.35. The number of pyridine rings is 1. The monoisotopic (exact) mass is 206 g/mol. The lowest BCUT2D eigenvalue weighted by Gasteiger charge is -2.30. The zero-order chi connectivity index (χ0) is 10.5. The third-order valence-corrected chi connectivity index (χ3v) is 3.06. The minimum atomic E-state index is 0.285. The molecule has 3 heteroatoms. The number of ether oxygens (including phenoxy) is 1. The first-order chi connectivity index (χ1) is 7.40. The summed E-state index contributed by atoms with van der Waals surface area (Å²) in [5.41, 5.74) is 5.75. The van der Waals surface area contributed by atoms with Gasteiger partial charge in [0.05, 0.1) is 6.20 Å². The van der Waals surface area contributed by atoms with Crippen molar-refractivity contribution in [2.75, 3.05) is 6.54 Å². The van der Waals surface area contributed by atoms with Gasteiger partial charge in [0.25, 0.3) is 0 Å². The SMILES string of the molecule is NCC1CCCCC1Oc1cccnc1. The highest BCUT2D eigenvalue weighted by Crippen LogP contribution is 2.27. The van der Waals surface area contributed by atoms with E-state index < -0.39 is 0 Å². The van der Waals surface area contributed by atoms with Crippen molar-refractivity contribution in [1.82, 2.24) is 4.98 Å². The van der Waals surface area contributed by atoms with Crippen LogP contribution in [0, 0.1) is 5.92 Å². The first kappa shape index (κ1) is 10.4. The molecule has 15 heavy (non-hydrogen) atoms. The highest BCUT2D eigenvalue weighted by Gasteiger charge is 2.25. The average Bonchev–Trinajstić information content (AvgIpc) is 2.31. The summed E-state index contributed by atoms with van der Waals surface area (Å²) >= 11 is 0. The van der Waals surface area contributed by atoms with Gasteiger partial charge in [0, 0.05) is 12.1 Å². The van der Waals surface area contributed by atoms with Gasteiger partial charge in [0.2, 0.25) is 0 Å². The maximum Gasteiger partial charge on any atom is 0.138 e. The summed E-state index contributed by atoms with van der Waals surface area (Å²) in [6.07, 6.45) is 8.66. The molecule has 0 amide bonds. The van der Waals surface area contributed by atoms with Crippen LogP contribution < -0.4 is 10.5 Å². The quantitative estimate of drug-likeness (QED) is 0.822. The Kier molecular flexibility index (Phi) is 3.56. The predicted octanol–water partition coefficient (Wildman–Crippen LogP) is 1.98. The summed E-state index contributed by atoms with van der Waals surface area (Å²) in [6, 6.07) is 3.85. The molecule has 3 nitrogen and oxygen atoms in total. The molecule has 0 aromatic carbocycles. The van der Waals surface area contributed by atoms with E-state index in [1.807, 2.05) is 12.1 Å². The van der Waals surface area contributed by atoms with Gasteiger partial charge in [-0.1, -0.05) is 6.42 Å². The van der Waals surface area contributed by atoms with Crippen molar-refractivity contribution < 1.29 is 4.74 Å². The van der Waals surface area contributed by atoms with Crippen molar-refractivity contribution in [2.24, 2.45) is 11.7 Å². The van der Waals surface area contributed by atoms with E-state index in [9.17, 15) is 0 Å². The van der Waals surface area contributed by atoms with E-state index >= 15 is 0 Å². The van der Waals surface area contributed by atoms with Gasteiger partial charge >= 0.3 is 0 Å². The molecule has 0 spiro atoms. The fourth-order valence-corrected chi connectivity index (χ4v) is 2.19. The molecule has 1 aromatic heterocycles. The van der Waals surface area contributed by atoms with Crippen molar-refractivity contribution in [3.05, 3.63) is 24.5 Å². The largest absolute Gasteiger partial charge is 0.488 e. The van der Waals surface area contributed by atoms with Crippen LogP contribution in [-0.4, -0.2) is 17.6 Å². The van der Waals surface area contributed by atoms with Crippen LogP contribution >= 0.6 is 0 Å². The van der Waals surface area contributed by atoms with E-state index in [1.165, 1.54) is 19.3 Å². The molecule has 2 unspecified atom stereocenters. The van der Waals surface area contributed by atoms with Crippen molar-refractivity contribution >= 4 is 0 Å². The van der Waals surface area contributed by atoms with Gasteiger partial charge in [-0.05, 0) is 37.9 Å². The number of nitrogens with zero attached hydrogens (tertiary/aromatic N) is 1. The number of aromatic nitrogens is 1. The second kappa shape index (κ2) is 5.12. The molecule has 2 atom stereocenters. The molecule has 1 aromatic rings. The van der Waals surface area contributed by atoms with Crippen LogP contribution in [-0.2, 0) is 0 Å². The predicted molar refractivity (Wildman–Crippen MR) is 59.7 cm³/mol. The molecule has 2 rings (SSSR count). The average molecular weight is 206 g/mol. The van der Waals surface area contributed by atoms with E-state index in [4.69, 9.17) is 10.5 Å². The minimum absolute atomic E-state index is 0.285. The zero-order valence-electron chi connectivity index (χ0n) is 8.93. The lowest BCUT2D eigenvalue weighted by atomic mass is 9.86. The van der Waals surface area contributed by atoms with Gasteiger partial charge in [0.15, 0.2) is 0 Å². The lowest BCUT2D eigenvalue weighted by molar-refractivity contribution is 0.0966. The number of hydrogen-bond donors (Lipinski definition) is 1. The van der Waals surface area contributed by atoms with Crippen LogP contribution in [0.15, 0.2) is 24.5 Å². The molecule has 2 N–H and O–H groups in total. The van der Waals surface area contributed by atoms with Crippen LogP contribution in [0.1, 0.15) is 25.7 Å². The maximum absolute atomic E-state index is 5.92. The van der Waals surface area contributed by atoms with Crippen LogP contribution in [0.4, 0.5) is 0 Å². The number of hydrogen-bond acceptors (Lipinski definition) is 3. The Balaban J connectivity index is 1.97. The fraction of sp³-hybridized carbons (Fsp3) is 0.583. The van der Waals surface area contributed by atoms with Gasteiger partial charge in [-0.3, -0.25) is 4.98 Å². The zero-order valence-corrected chi connectivity index (χ0v) is 8.93. The van der Waals surface area contributed by atoms with Crippen LogP contribution in [0.3, 0.4) is 0 Å². The second-order valence-corrected chi connectivity index (χ2v) is 4.13. The summed E-state index contributed by atoms with van der Waals surface area (Å²) in [4.78, 5) is 4.04. The minimum Gasteiger partial charge on any atom is -0.488 e. The van der Waals surface area contributed by atoms with E-state index in [2.05, 4.69) is 4.98 Å². The van der Waals surface area contributed by atoms with Gasteiger partial charge in [0.1, 0.15) is 11.9 Å². The van der Waals surface area contributed by atoms with Gasteiger partial charge in [-0.25, -0.2) is 0 Å². The molecule has 0 bridgehead atoms. The summed E-state index contributed by atoms with van der Waals surface area (Å²) in [6.45, 7) is 0.727. The van der Waals surface area contributed by atoms with Crippen molar-refractivity contribution in [3.8, 4) is 5.75 Å². The molecular weight excluding hydrogens is 188 g/mol.